The van der Waals surface area contributed by atoms with Gasteiger partial charge in [-0.2, -0.15) is 0 Å². The van der Waals surface area contributed by atoms with Crippen LogP contribution < -0.4 is 0 Å². The summed E-state index contributed by atoms with van der Waals surface area (Å²) in [7, 11) is 0. The fourth-order valence-corrected chi connectivity index (χ4v) is 4.86. The highest BCUT2D eigenvalue weighted by Crippen LogP contribution is 2.46. The van der Waals surface area contributed by atoms with Crippen molar-refractivity contribution in [2.75, 3.05) is 0 Å². The molecule has 2 fully saturated rings. The molecule has 142 valence electrons. The van der Waals surface area contributed by atoms with Gasteiger partial charge >= 0.3 is 0 Å². The molecule has 2 bridgehead atoms. The van der Waals surface area contributed by atoms with E-state index in [2.05, 4.69) is 11.5 Å². The number of halogens is 1. The summed E-state index contributed by atoms with van der Waals surface area (Å²) in [6, 6.07) is 12.7. The minimum absolute atomic E-state index is 0.265. The standard InChI is InChI=1S/C23H26FNO2/c1-2-4-16-5-3-6-17(22(16)26)15-25-20-11-12-21(25)14-23(27,13-20)18-7-9-19(24)10-8-18/h2-3,5-10,20-21,26-27H,1,4,11-15H2/t20-,21+,23?. The molecule has 2 aliphatic heterocycles. The van der Waals surface area contributed by atoms with Crippen molar-refractivity contribution in [2.45, 2.75) is 56.3 Å². The summed E-state index contributed by atoms with van der Waals surface area (Å²) in [6.45, 7) is 4.44. The van der Waals surface area contributed by atoms with Crippen LogP contribution in [0.4, 0.5) is 4.39 Å². The molecule has 1 unspecified atom stereocenters. The minimum atomic E-state index is -0.900. The molecule has 2 heterocycles. The highest BCUT2D eigenvalue weighted by molar-refractivity contribution is 5.41. The van der Waals surface area contributed by atoms with Gasteiger partial charge in [-0.15, -0.1) is 6.58 Å². The van der Waals surface area contributed by atoms with Gasteiger partial charge in [0.2, 0.25) is 0 Å². The topological polar surface area (TPSA) is 43.7 Å². The monoisotopic (exact) mass is 367 g/mol. The van der Waals surface area contributed by atoms with Gasteiger partial charge in [0.05, 0.1) is 5.60 Å². The first kappa shape index (κ1) is 18.2. The summed E-state index contributed by atoms with van der Waals surface area (Å²) in [5, 5.41) is 21.8. The van der Waals surface area contributed by atoms with Crippen LogP contribution >= 0.6 is 0 Å². The summed E-state index contributed by atoms with van der Waals surface area (Å²) in [5.41, 5.74) is 1.73. The molecule has 27 heavy (non-hydrogen) atoms. The van der Waals surface area contributed by atoms with Gasteiger partial charge in [-0.1, -0.05) is 36.4 Å². The second-order valence-corrected chi connectivity index (χ2v) is 7.92. The van der Waals surface area contributed by atoms with Gasteiger partial charge < -0.3 is 10.2 Å². The Bertz CT molecular complexity index is 819. The third kappa shape index (κ3) is 3.40. The average molecular weight is 367 g/mol. The molecule has 4 rings (SSSR count). The largest absolute Gasteiger partial charge is 0.507 e. The van der Waals surface area contributed by atoms with E-state index >= 15 is 0 Å². The van der Waals surface area contributed by atoms with Crippen LogP contribution in [0.15, 0.2) is 55.1 Å². The van der Waals surface area contributed by atoms with Crippen LogP contribution in [0.1, 0.15) is 42.4 Å². The smallest absolute Gasteiger partial charge is 0.123 e. The van der Waals surface area contributed by atoms with Crippen LogP contribution in [0.5, 0.6) is 5.75 Å². The number of para-hydroxylation sites is 1. The van der Waals surface area contributed by atoms with Crippen LogP contribution in [0.3, 0.4) is 0 Å². The molecule has 0 saturated carbocycles. The van der Waals surface area contributed by atoms with E-state index in [1.165, 1.54) is 12.1 Å². The number of piperidine rings is 1. The van der Waals surface area contributed by atoms with Gasteiger partial charge in [-0.3, -0.25) is 4.90 Å². The fourth-order valence-electron chi connectivity index (χ4n) is 4.86. The van der Waals surface area contributed by atoms with Gasteiger partial charge in [0, 0.05) is 24.2 Å². The number of benzene rings is 2. The fraction of sp³-hybridized carbons (Fsp3) is 0.391. The van der Waals surface area contributed by atoms with Crippen LogP contribution in [0, 0.1) is 5.82 Å². The van der Waals surface area contributed by atoms with Crippen LogP contribution in [0.2, 0.25) is 0 Å². The number of fused-ring (bicyclic) bond motifs is 2. The Kier molecular flexibility index (Phi) is 4.79. The zero-order valence-electron chi connectivity index (χ0n) is 15.4. The maximum Gasteiger partial charge on any atom is 0.123 e. The first-order valence-corrected chi connectivity index (χ1v) is 9.65. The van der Waals surface area contributed by atoms with Crippen molar-refractivity contribution in [1.82, 2.24) is 4.90 Å². The van der Waals surface area contributed by atoms with Crippen LogP contribution in [0.25, 0.3) is 0 Å². The van der Waals surface area contributed by atoms with Crippen molar-refractivity contribution in [3.63, 3.8) is 0 Å². The number of aliphatic hydroxyl groups is 1. The van der Waals surface area contributed by atoms with Crippen molar-refractivity contribution in [2.24, 2.45) is 0 Å². The Morgan fingerprint density at radius 2 is 1.70 bits per heavy atom. The highest BCUT2D eigenvalue weighted by atomic mass is 19.1. The van der Waals surface area contributed by atoms with Crippen LogP contribution in [-0.4, -0.2) is 27.2 Å². The third-order valence-corrected chi connectivity index (χ3v) is 6.22. The molecule has 3 atom stereocenters. The molecule has 0 amide bonds. The minimum Gasteiger partial charge on any atom is -0.507 e. The second-order valence-electron chi connectivity index (χ2n) is 7.92. The SMILES string of the molecule is C=CCc1cccc(CN2[C@@H]3CC[C@H]2CC(O)(c2ccc(F)cc2)C3)c1O. The predicted octanol–water partition coefficient (Wildman–Crippen LogP) is 4.27. The predicted molar refractivity (Wildman–Crippen MR) is 104 cm³/mol. The van der Waals surface area contributed by atoms with E-state index in [-0.39, 0.29) is 17.9 Å². The number of nitrogens with zero attached hydrogens (tertiary/aromatic N) is 1. The van der Waals surface area contributed by atoms with Gasteiger partial charge in [-0.25, -0.2) is 4.39 Å². The molecule has 0 aromatic heterocycles. The first-order chi connectivity index (χ1) is 13.0. The molecule has 0 aliphatic carbocycles. The number of hydrogen-bond acceptors (Lipinski definition) is 3. The van der Waals surface area contributed by atoms with Crippen molar-refractivity contribution in [3.8, 4) is 5.75 Å². The summed E-state index contributed by atoms with van der Waals surface area (Å²) in [6.07, 6.45) is 5.82. The molecule has 2 aromatic rings. The molecular weight excluding hydrogens is 341 g/mol. The molecule has 3 nitrogen and oxygen atoms in total. The zero-order valence-corrected chi connectivity index (χ0v) is 15.4. The Balaban J connectivity index is 1.54. The lowest BCUT2D eigenvalue weighted by atomic mass is 9.80. The summed E-state index contributed by atoms with van der Waals surface area (Å²) in [4.78, 5) is 2.42. The maximum atomic E-state index is 13.3. The third-order valence-electron chi connectivity index (χ3n) is 6.22. The van der Waals surface area contributed by atoms with E-state index in [9.17, 15) is 14.6 Å². The Morgan fingerprint density at radius 3 is 2.33 bits per heavy atom. The zero-order chi connectivity index (χ0) is 19.0. The van der Waals surface area contributed by atoms with E-state index in [0.29, 0.717) is 31.6 Å². The molecule has 2 saturated heterocycles. The van der Waals surface area contributed by atoms with Gasteiger partial charge in [-0.05, 0) is 55.4 Å². The quantitative estimate of drug-likeness (QED) is 0.776. The number of hydrogen-bond donors (Lipinski definition) is 2. The van der Waals surface area contributed by atoms with E-state index in [1.807, 2.05) is 18.2 Å². The molecule has 0 spiro atoms. The molecule has 4 heteroatoms. The lowest BCUT2D eigenvalue weighted by Gasteiger charge is -2.44. The molecule has 0 radical (unpaired) electrons. The Labute approximate surface area is 159 Å². The lowest BCUT2D eigenvalue weighted by Crippen LogP contribution is -2.49. The van der Waals surface area contributed by atoms with E-state index in [4.69, 9.17) is 0 Å². The lowest BCUT2D eigenvalue weighted by molar-refractivity contribution is -0.0596. The Morgan fingerprint density at radius 1 is 1.07 bits per heavy atom. The average Bonchev–Trinajstić information content (AvgIpc) is 2.89. The first-order valence-electron chi connectivity index (χ1n) is 9.65. The number of rotatable bonds is 5. The van der Waals surface area contributed by atoms with Gasteiger partial charge in [0.25, 0.3) is 0 Å². The number of aromatic hydroxyl groups is 1. The van der Waals surface area contributed by atoms with E-state index < -0.39 is 5.60 Å². The summed E-state index contributed by atoms with van der Waals surface area (Å²) >= 11 is 0. The van der Waals surface area contributed by atoms with Gasteiger partial charge in [0.15, 0.2) is 0 Å². The van der Waals surface area contributed by atoms with Crippen molar-refractivity contribution >= 4 is 0 Å². The molecule has 2 N–H and O–H groups in total. The highest BCUT2D eigenvalue weighted by Gasteiger charge is 2.48. The van der Waals surface area contributed by atoms with E-state index in [1.54, 1.807) is 18.2 Å². The summed E-state index contributed by atoms with van der Waals surface area (Å²) in [5.74, 6) is 0.0776. The van der Waals surface area contributed by atoms with Crippen LogP contribution in [-0.2, 0) is 18.6 Å². The molecular formula is C23H26FNO2. The number of allylic oxidation sites excluding steroid dienone is 1. The maximum absolute atomic E-state index is 13.3. The van der Waals surface area contributed by atoms with Crippen molar-refractivity contribution in [1.29, 1.82) is 0 Å². The Hall–Kier alpha value is -2.17. The number of phenols is 1. The van der Waals surface area contributed by atoms with Crippen molar-refractivity contribution < 1.29 is 14.6 Å². The summed E-state index contributed by atoms with van der Waals surface area (Å²) < 4.78 is 13.3. The molecule has 2 aromatic carbocycles. The normalized spacial score (nSPS) is 27.6. The van der Waals surface area contributed by atoms with E-state index in [0.717, 1.165) is 29.5 Å². The second kappa shape index (κ2) is 7.10. The number of phenolic OH excluding ortho intramolecular Hbond substituents is 1. The van der Waals surface area contributed by atoms with Crippen molar-refractivity contribution in [3.05, 3.63) is 77.6 Å². The van der Waals surface area contributed by atoms with Gasteiger partial charge in [0.1, 0.15) is 11.6 Å². The molecule has 2 aliphatic rings.